The Balaban J connectivity index is 2.48. The Morgan fingerprint density at radius 3 is 3.00 bits per heavy atom. The summed E-state index contributed by atoms with van der Waals surface area (Å²) in [6.07, 6.45) is 3.84. The van der Waals surface area contributed by atoms with Crippen molar-refractivity contribution in [2.24, 2.45) is 0 Å². The minimum absolute atomic E-state index is 0.0547. The number of hydrogen-bond acceptors (Lipinski definition) is 4. The second-order valence-corrected chi connectivity index (χ2v) is 3.25. The monoisotopic (exact) mass is 235 g/mol. The number of aromatic nitrogens is 3. The maximum Gasteiger partial charge on any atom is 0.345 e. The molecule has 88 valence electrons. The predicted molar refractivity (Wildman–Crippen MR) is 59.2 cm³/mol. The highest BCUT2D eigenvalue weighted by atomic mass is 19.1. The van der Waals surface area contributed by atoms with Crippen LogP contribution < -0.4 is 10.4 Å². The zero-order valence-electron chi connectivity index (χ0n) is 9.11. The second-order valence-electron chi connectivity index (χ2n) is 3.25. The van der Waals surface area contributed by atoms with Gasteiger partial charge < -0.3 is 9.72 Å². The van der Waals surface area contributed by atoms with E-state index in [1.165, 1.54) is 12.4 Å². The van der Waals surface area contributed by atoms with E-state index >= 15 is 0 Å². The third-order valence-electron chi connectivity index (χ3n) is 2.08. The lowest BCUT2D eigenvalue weighted by Gasteiger charge is -2.05. The number of hydrogen-bond donors (Lipinski definition) is 1. The SMILES string of the molecule is CCOc1cncc(-c2[nH]c(=O)ncc2F)c1. The number of nitrogens with zero attached hydrogens (tertiary/aromatic N) is 2. The lowest BCUT2D eigenvalue weighted by atomic mass is 10.2. The molecular formula is C11H10FN3O2. The van der Waals surface area contributed by atoms with Crippen molar-refractivity contribution in [1.29, 1.82) is 0 Å². The Morgan fingerprint density at radius 2 is 2.24 bits per heavy atom. The maximum absolute atomic E-state index is 13.5. The van der Waals surface area contributed by atoms with Crippen LogP contribution in [0.3, 0.4) is 0 Å². The first-order chi connectivity index (χ1) is 8.20. The normalized spacial score (nSPS) is 10.2. The summed E-state index contributed by atoms with van der Waals surface area (Å²) in [4.78, 5) is 20.6. The van der Waals surface area contributed by atoms with E-state index in [9.17, 15) is 9.18 Å². The van der Waals surface area contributed by atoms with Crippen LogP contribution in [0.1, 0.15) is 6.92 Å². The Hall–Kier alpha value is -2.24. The van der Waals surface area contributed by atoms with E-state index in [1.54, 1.807) is 6.07 Å². The number of pyridine rings is 1. The maximum atomic E-state index is 13.5. The van der Waals surface area contributed by atoms with Gasteiger partial charge in [0.2, 0.25) is 0 Å². The Morgan fingerprint density at radius 1 is 1.41 bits per heavy atom. The highest BCUT2D eigenvalue weighted by molar-refractivity contribution is 5.59. The van der Waals surface area contributed by atoms with Crippen LogP contribution in [-0.2, 0) is 0 Å². The molecule has 0 amide bonds. The van der Waals surface area contributed by atoms with Gasteiger partial charge in [-0.3, -0.25) is 4.98 Å². The summed E-state index contributed by atoms with van der Waals surface area (Å²) in [6.45, 7) is 2.32. The fourth-order valence-electron chi connectivity index (χ4n) is 1.39. The van der Waals surface area contributed by atoms with Gasteiger partial charge in [-0.15, -0.1) is 0 Å². The van der Waals surface area contributed by atoms with Gasteiger partial charge in [0.1, 0.15) is 5.75 Å². The molecule has 0 aliphatic heterocycles. The number of nitrogens with one attached hydrogen (secondary N) is 1. The fourth-order valence-corrected chi connectivity index (χ4v) is 1.39. The highest BCUT2D eigenvalue weighted by Crippen LogP contribution is 2.21. The lowest BCUT2D eigenvalue weighted by molar-refractivity contribution is 0.339. The van der Waals surface area contributed by atoms with E-state index in [0.717, 1.165) is 6.20 Å². The van der Waals surface area contributed by atoms with E-state index in [4.69, 9.17) is 4.74 Å². The standard InChI is InChI=1S/C11H10FN3O2/c1-2-17-8-3-7(4-13-5-8)10-9(12)6-14-11(16)15-10/h3-6H,2H2,1H3,(H,14,15,16). The minimum atomic E-state index is -0.611. The average molecular weight is 235 g/mol. The molecular weight excluding hydrogens is 225 g/mol. The number of halogens is 1. The molecule has 0 saturated carbocycles. The van der Waals surface area contributed by atoms with Crippen molar-refractivity contribution in [2.45, 2.75) is 6.92 Å². The van der Waals surface area contributed by atoms with Crippen molar-refractivity contribution in [2.75, 3.05) is 6.61 Å². The van der Waals surface area contributed by atoms with E-state index < -0.39 is 11.5 Å². The first-order valence-corrected chi connectivity index (χ1v) is 5.03. The van der Waals surface area contributed by atoms with Gasteiger partial charge >= 0.3 is 5.69 Å². The Bertz CT molecular complexity index is 583. The van der Waals surface area contributed by atoms with Gasteiger partial charge in [-0.2, -0.15) is 4.98 Å². The highest BCUT2D eigenvalue weighted by Gasteiger charge is 2.08. The van der Waals surface area contributed by atoms with Crippen LogP contribution >= 0.6 is 0 Å². The van der Waals surface area contributed by atoms with Crippen LogP contribution in [0.4, 0.5) is 4.39 Å². The molecule has 0 radical (unpaired) electrons. The van der Waals surface area contributed by atoms with Crippen LogP contribution in [0.15, 0.2) is 29.5 Å². The van der Waals surface area contributed by atoms with Crippen molar-refractivity contribution >= 4 is 0 Å². The molecule has 0 aliphatic rings. The molecule has 1 N–H and O–H groups in total. The molecule has 5 nitrogen and oxygen atoms in total. The van der Waals surface area contributed by atoms with Gasteiger partial charge in [0.05, 0.1) is 24.7 Å². The third kappa shape index (κ3) is 2.47. The molecule has 0 unspecified atom stereocenters. The molecule has 0 atom stereocenters. The minimum Gasteiger partial charge on any atom is -0.492 e. The molecule has 6 heteroatoms. The molecule has 0 saturated heterocycles. The van der Waals surface area contributed by atoms with Gasteiger partial charge in [0.25, 0.3) is 0 Å². The number of H-pyrrole nitrogens is 1. The second kappa shape index (κ2) is 4.73. The van der Waals surface area contributed by atoms with Crippen LogP contribution in [0.2, 0.25) is 0 Å². The van der Waals surface area contributed by atoms with Gasteiger partial charge in [0.15, 0.2) is 5.82 Å². The first-order valence-electron chi connectivity index (χ1n) is 5.03. The average Bonchev–Trinajstić information content (AvgIpc) is 2.33. The summed E-state index contributed by atoms with van der Waals surface area (Å²) >= 11 is 0. The lowest BCUT2D eigenvalue weighted by Crippen LogP contribution is -2.11. The van der Waals surface area contributed by atoms with Gasteiger partial charge in [-0.1, -0.05) is 0 Å². The summed E-state index contributed by atoms with van der Waals surface area (Å²) in [5.41, 5.74) is -0.116. The molecule has 2 aromatic heterocycles. The van der Waals surface area contributed by atoms with Crippen molar-refractivity contribution in [1.82, 2.24) is 15.0 Å². The van der Waals surface area contributed by atoms with E-state index in [1.807, 2.05) is 6.92 Å². The van der Waals surface area contributed by atoms with Crippen LogP contribution in [0.5, 0.6) is 5.75 Å². The van der Waals surface area contributed by atoms with Crippen molar-refractivity contribution in [3.63, 3.8) is 0 Å². The van der Waals surface area contributed by atoms with Crippen molar-refractivity contribution < 1.29 is 9.13 Å². The van der Waals surface area contributed by atoms with Gasteiger partial charge in [-0.25, -0.2) is 9.18 Å². The van der Waals surface area contributed by atoms with Crippen LogP contribution in [-0.4, -0.2) is 21.6 Å². The fraction of sp³-hybridized carbons (Fsp3) is 0.182. The van der Waals surface area contributed by atoms with E-state index in [2.05, 4.69) is 15.0 Å². The topological polar surface area (TPSA) is 67.9 Å². The number of rotatable bonds is 3. The molecule has 0 bridgehead atoms. The number of ether oxygens (including phenoxy) is 1. The predicted octanol–water partition coefficient (Wildman–Crippen LogP) is 1.37. The van der Waals surface area contributed by atoms with Gasteiger partial charge in [-0.05, 0) is 13.0 Å². The Kier molecular flexibility index (Phi) is 3.13. The zero-order chi connectivity index (χ0) is 12.3. The van der Waals surface area contributed by atoms with Crippen LogP contribution in [0.25, 0.3) is 11.3 Å². The van der Waals surface area contributed by atoms with Gasteiger partial charge in [0, 0.05) is 11.8 Å². The molecule has 2 rings (SSSR count). The molecule has 0 aliphatic carbocycles. The first kappa shape index (κ1) is 11.3. The third-order valence-corrected chi connectivity index (χ3v) is 2.08. The molecule has 17 heavy (non-hydrogen) atoms. The molecule has 2 aromatic rings. The summed E-state index contributed by atoms with van der Waals surface area (Å²) in [5, 5.41) is 0. The molecule has 0 fully saturated rings. The van der Waals surface area contributed by atoms with E-state index in [0.29, 0.717) is 17.9 Å². The molecule has 0 spiro atoms. The van der Waals surface area contributed by atoms with Crippen LogP contribution in [0, 0.1) is 5.82 Å². The Labute approximate surface area is 96.3 Å². The zero-order valence-corrected chi connectivity index (χ0v) is 9.11. The van der Waals surface area contributed by atoms with Crippen molar-refractivity contribution in [3.05, 3.63) is 41.0 Å². The quantitative estimate of drug-likeness (QED) is 0.872. The van der Waals surface area contributed by atoms with Crippen molar-refractivity contribution in [3.8, 4) is 17.0 Å². The largest absolute Gasteiger partial charge is 0.492 e. The summed E-state index contributed by atoms with van der Waals surface area (Å²) in [5.74, 6) is -0.0953. The summed E-state index contributed by atoms with van der Waals surface area (Å²) < 4.78 is 18.7. The van der Waals surface area contributed by atoms with E-state index in [-0.39, 0.29) is 5.69 Å². The molecule has 0 aromatic carbocycles. The number of aromatic amines is 1. The summed E-state index contributed by atoms with van der Waals surface area (Å²) in [7, 11) is 0. The summed E-state index contributed by atoms with van der Waals surface area (Å²) in [6, 6.07) is 1.60. The smallest absolute Gasteiger partial charge is 0.345 e. The molecule has 2 heterocycles.